The summed E-state index contributed by atoms with van der Waals surface area (Å²) in [7, 11) is 1.61. The highest BCUT2D eigenvalue weighted by Gasteiger charge is 2.08. The van der Waals surface area contributed by atoms with Gasteiger partial charge in [-0.3, -0.25) is 4.79 Å². The quantitative estimate of drug-likeness (QED) is 0.423. The number of hydrogen-bond donors (Lipinski definition) is 1. The molecule has 0 saturated heterocycles. The number of carbonyl (C=O) groups is 1. The summed E-state index contributed by atoms with van der Waals surface area (Å²) < 4.78 is 10.6. The van der Waals surface area contributed by atoms with Crippen molar-refractivity contribution in [2.75, 3.05) is 12.9 Å². The summed E-state index contributed by atoms with van der Waals surface area (Å²) >= 11 is 1.23. The maximum atomic E-state index is 11.8. The summed E-state index contributed by atoms with van der Waals surface area (Å²) in [4.78, 5) is 16.1. The molecule has 24 heavy (non-hydrogen) atoms. The Bertz CT molecular complexity index is 826. The number of hydrogen-bond acceptors (Lipinski definition) is 6. The second-order valence-electron chi connectivity index (χ2n) is 4.80. The first-order valence-electron chi connectivity index (χ1n) is 7.19. The van der Waals surface area contributed by atoms with Crippen molar-refractivity contribution in [3.8, 4) is 5.75 Å². The molecule has 0 aliphatic heterocycles. The minimum Gasteiger partial charge on any atom is -0.497 e. The lowest BCUT2D eigenvalue weighted by Crippen LogP contribution is -2.19. The lowest BCUT2D eigenvalue weighted by Gasteiger charge is -1.99. The van der Waals surface area contributed by atoms with Crippen molar-refractivity contribution < 1.29 is 13.9 Å². The van der Waals surface area contributed by atoms with Crippen molar-refractivity contribution in [1.29, 1.82) is 0 Å². The van der Waals surface area contributed by atoms with Crippen LogP contribution in [0.2, 0.25) is 0 Å². The Hall–Kier alpha value is -2.80. The van der Waals surface area contributed by atoms with Crippen LogP contribution in [0.4, 0.5) is 0 Å². The summed E-state index contributed by atoms with van der Waals surface area (Å²) in [5.41, 5.74) is 4.82. The zero-order valence-corrected chi connectivity index (χ0v) is 13.7. The van der Waals surface area contributed by atoms with Crippen molar-refractivity contribution in [3.05, 3.63) is 54.1 Å². The van der Waals surface area contributed by atoms with Gasteiger partial charge in [-0.15, -0.1) is 0 Å². The molecule has 0 fully saturated rings. The monoisotopic (exact) mass is 341 g/mol. The molecule has 122 valence electrons. The van der Waals surface area contributed by atoms with Gasteiger partial charge in [-0.2, -0.15) is 5.10 Å². The molecule has 3 rings (SSSR count). The van der Waals surface area contributed by atoms with E-state index in [-0.39, 0.29) is 11.7 Å². The number of carbonyl (C=O) groups excluding carboxylic acids is 1. The van der Waals surface area contributed by atoms with Gasteiger partial charge in [0, 0.05) is 0 Å². The third-order valence-electron chi connectivity index (χ3n) is 3.12. The topological polar surface area (TPSA) is 76.7 Å². The first kappa shape index (κ1) is 16.1. The Kier molecular flexibility index (Phi) is 5.12. The van der Waals surface area contributed by atoms with E-state index < -0.39 is 0 Å². The second kappa shape index (κ2) is 7.65. The number of oxazole rings is 1. The van der Waals surface area contributed by atoms with Crippen molar-refractivity contribution in [3.63, 3.8) is 0 Å². The molecular formula is C17H15N3O3S. The number of ether oxygens (including phenoxy) is 1. The number of hydrazone groups is 1. The van der Waals surface area contributed by atoms with Gasteiger partial charge in [-0.25, -0.2) is 10.4 Å². The number of amides is 1. The standard InChI is InChI=1S/C17H15N3O3S/c1-22-13-8-6-12(7-9-13)10-18-20-16(21)11-24-17-19-14-4-2-3-5-15(14)23-17/h2-10H,11H2,1H3,(H,20,21)/b18-10-. The average molecular weight is 341 g/mol. The van der Waals surface area contributed by atoms with Crippen LogP contribution < -0.4 is 10.2 Å². The number of rotatable bonds is 6. The van der Waals surface area contributed by atoms with Crippen LogP contribution in [0, 0.1) is 0 Å². The largest absolute Gasteiger partial charge is 0.497 e. The summed E-state index contributed by atoms with van der Waals surface area (Å²) in [6.07, 6.45) is 1.57. The van der Waals surface area contributed by atoms with Crippen LogP contribution in [0.1, 0.15) is 5.56 Å². The number of fused-ring (bicyclic) bond motifs is 1. The Morgan fingerprint density at radius 1 is 1.29 bits per heavy atom. The van der Waals surface area contributed by atoms with Gasteiger partial charge in [0.2, 0.25) is 0 Å². The minimum absolute atomic E-state index is 0.173. The van der Waals surface area contributed by atoms with Crippen LogP contribution in [0.25, 0.3) is 11.1 Å². The molecule has 0 radical (unpaired) electrons. The van der Waals surface area contributed by atoms with Gasteiger partial charge in [-0.05, 0) is 42.0 Å². The second-order valence-corrected chi connectivity index (χ2v) is 5.73. The normalized spacial score (nSPS) is 11.0. The zero-order chi connectivity index (χ0) is 16.8. The zero-order valence-electron chi connectivity index (χ0n) is 12.9. The molecule has 0 aliphatic carbocycles. The SMILES string of the molecule is COc1ccc(/C=N\NC(=O)CSc2nc3ccccc3o2)cc1. The highest BCUT2D eigenvalue weighted by molar-refractivity contribution is 7.99. The Labute approximate surface area is 142 Å². The highest BCUT2D eigenvalue weighted by Crippen LogP contribution is 2.22. The number of nitrogens with one attached hydrogen (secondary N) is 1. The Morgan fingerprint density at radius 3 is 2.83 bits per heavy atom. The van der Waals surface area contributed by atoms with Crippen LogP contribution >= 0.6 is 11.8 Å². The predicted octanol–water partition coefficient (Wildman–Crippen LogP) is 3.08. The van der Waals surface area contributed by atoms with Gasteiger partial charge < -0.3 is 9.15 Å². The summed E-state index contributed by atoms with van der Waals surface area (Å²) in [6, 6.07) is 14.8. The fourth-order valence-corrected chi connectivity index (χ4v) is 2.57. The maximum Gasteiger partial charge on any atom is 0.257 e. The van der Waals surface area contributed by atoms with E-state index in [2.05, 4.69) is 15.5 Å². The first-order valence-corrected chi connectivity index (χ1v) is 8.17. The summed E-state index contributed by atoms with van der Waals surface area (Å²) in [5.74, 6) is 0.713. The molecule has 1 aromatic heterocycles. The number of para-hydroxylation sites is 2. The van der Waals surface area contributed by atoms with Crippen LogP contribution in [-0.4, -0.2) is 30.0 Å². The van der Waals surface area contributed by atoms with E-state index in [1.54, 1.807) is 13.3 Å². The van der Waals surface area contributed by atoms with E-state index in [9.17, 15) is 4.79 Å². The van der Waals surface area contributed by atoms with E-state index in [0.717, 1.165) is 16.8 Å². The molecule has 0 bridgehead atoms. The van der Waals surface area contributed by atoms with Crippen LogP contribution in [-0.2, 0) is 4.79 Å². The molecule has 7 heteroatoms. The van der Waals surface area contributed by atoms with Gasteiger partial charge in [0.05, 0.1) is 19.1 Å². The van der Waals surface area contributed by atoms with Crippen molar-refractivity contribution in [1.82, 2.24) is 10.4 Å². The lowest BCUT2D eigenvalue weighted by atomic mass is 10.2. The molecule has 2 aromatic carbocycles. The molecule has 0 spiro atoms. The van der Waals surface area contributed by atoms with E-state index in [4.69, 9.17) is 9.15 Å². The molecule has 0 aliphatic rings. The average Bonchev–Trinajstić information content (AvgIpc) is 3.03. The van der Waals surface area contributed by atoms with Gasteiger partial charge in [0.25, 0.3) is 11.1 Å². The molecule has 6 nitrogen and oxygen atoms in total. The number of benzene rings is 2. The van der Waals surface area contributed by atoms with E-state index >= 15 is 0 Å². The van der Waals surface area contributed by atoms with Crippen LogP contribution in [0.5, 0.6) is 5.75 Å². The number of aromatic nitrogens is 1. The number of thioether (sulfide) groups is 1. The lowest BCUT2D eigenvalue weighted by molar-refractivity contribution is -0.118. The molecule has 1 N–H and O–H groups in total. The van der Waals surface area contributed by atoms with Gasteiger partial charge in [0.1, 0.15) is 11.3 Å². The van der Waals surface area contributed by atoms with Crippen molar-refractivity contribution in [2.24, 2.45) is 5.10 Å². The third kappa shape index (κ3) is 4.14. The molecule has 1 amide bonds. The smallest absolute Gasteiger partial charge is 0.257 e. The molecule has 0 saturated carbocycles. The third-order valence-corrected chi connectivity index (χ3v) is 3.95. The fourth-order valence-electron chi connectivity index (χ4n) is 1.94. The first-order chi connectivity index (χ1) is 11.7. The van der Waals surface area contributed by atoms with Gasteiger partial charge in [0.15, 0.2) is 5.58 Å². The molecule has 0 atom stereocenters. The highest BCUT2D eigenvalue weighted by atomic mass is 32.2. The van der Waals surface area contributed by atoms with Gasteiger partial charge >= 0.3 is 0 Å². The Morgan fingerprint density at radius 2 is 2.08 bits per heavy atom. The molecule has 0 unspecified atom stereocenters. The number of methoxy groups -OCH3 is 1. The fraction of sp³-hybridized carbons (Fsp3) is 0.118. The van der Waals surface area contributed by atoms with Crippen LogP contribution in [0.15, 0.2) is 63.3 Å². The molecule has 1 heterocycles. The minimum atomic E-state index is -0.230. The van der Waals surface area contributed by atoms with Crippen molar-refractivity contribution >= 4 is 35.0 Å². The van der Waals surface area contributed by atoms with E-state index in [0.29, 0.717) is 10.8 Å². The molecule has 3 aromatic rings. The summed E-state index contributed by atoms with van der Waals surface area (Å²) in [6.45, 7) is 0. The Balaban J connectivity index is 1.49. The van der Waals surface area contributed by atoms with Crippen molar-refractivity contribution in [2.45, 2.75) is 5.22 Å². The van der Waals surface area contributed by atoms with E-state index in [1.165, 1.54) is 11.8 Å². The maximum absolute atomic E-state index is 11.8. The van der Waals surface area contributed by atoms with E-state index in [1.807, 2.05) is 48.5 Å². The predicted molar refractivity (Wildman–Crippen MR) is 93.5 cm³/mol. The summed E-state index contributed by atoms with van der Waals surface area (Å²) in [5, 5.41) is 4.39. The molecular weight excluding hydrogens is 326 g/mol. The van der Waals surface area contributed by atoms with Crippen LogP contribution in [0.3, 0.4) is 0 Å². The number of nitrogens with zero attached hydrogens (tertiary/aromatic N) is 2. The van der Waals surface area contributed by atoms with Gasteiger partial charge in [-0.1, -0.05) is 23.9 Å².